The van der Waals surface area contributed by atoms with Crippen LogP contribution in [0.3, 0.4) is 0 Å². The molecule has 0 fully saturated rings. The van der Waals surface area contributed by atoms with Gasteiger partial charge in [0.15, 0.2) is 0 Å². The zero-order chi connectivity index (χ0) is 10.1. The average molecular weight is 271 g/mol. The van der Waals surface area contributed by atoms with E-state index in [2.05, 4.69) is 15.9 Å². The number of carboxylic acid groups (broad SMARTS) is 1. The third-order valence-electron chi connectivity index (χ3n) is 1.95. The lowest BCUT2D eigenvalue weighted by atomic mass is 10.2. The van der Waals surface area contributed by atoms with Crippen LogP contribution in [-0.2, 0) is 5.33 Å². The fourth-order valence-electron chi connectivity index (χ4n) is 1.28. The second-order valence-electron chi connectivity index (χ2n) is 2.92. The van der Waals surface area contributed by atoms with Crippen LogP contribution in [0.15, 0.2) is 24.3 Å². The van der Waals surface area contributed by atoms with Gasteiger partial charge in [0.25, 0.3) is 0 Å². The van der Waals surface area contributed by atoms with Crippen LogP contribution < -0.4 is 0 Å². The fourth-order valence-corrected chi connectivity index (χ4v) is 2.51. The summed E-state index contributed by atoms with van der Waals surface area (Å²) in [5.74, 6) is -0.855. The minimum atomic E-state index is -0.855. The lowest BCUT2D eigenvalue weighted by Gasteiger charge is -1.93. The zero-order valence-corrected chi connectivity index (χ0v) is 9.56. The van der Waals surface area contributed by atoms with Gasteiger partial charge in [0.05, 0.1) is 0 Å². The first-order valence-electron chi connectivity index (χ1n) is 4.02. The number of halogens is 1. The van der Waals surface area contributed by atoms with Crippen LogP contribution in [0.5, 0.6) is 0 Å². The quantitative estimate of drug-likeness (QED) is 0.849. The molecule has 0 radical (unpaired) electrons. The van der Waals surface area contributed by atoms with E-state index in [1.165, 1.54) is 11.3 Å². The number of hydrogen-bond donors (Lipinski definition) is 1. The van der Waals surface area contributed by atoms with Crippen molar-refractivity contribution in [2.45, 2.75) is 5.33 Å². The van der Waals surface area contributed by atoms with Crippen LogP contribution in [0.4, 0.5) is 0 Å². The van der Waals surface area contributed by atoms with Crippen molar-refractivity contribution in [1.29, 1.82) is 0 Å². The zero-order valence-electron chi connectivity index (χ0n) is 7.16. The number of alkyl halides is 1. The van der Waals surface area contributed by atoms with Gasteiger partial charge in [-0.3, -0.25) is 0 Å². The molecule has 0 amide bonds. The second-order valence-corrected chi connectivity index (χ2v) is 4.57. The summed E-state index contributed by atoms with van der Waals surface area (Å²) in [4.78, 5) is 11.1. The van der Waals surface area contributed by atoms with Crippen molar-refractivity contribution in [2.24, 2.45) is 0 Å². The highest BCUT2D eigenvalue weighted by Gasteiger charge is 2.07. The third-order valence-corrected chi connectivity index (χ3v) is 3.70. The van der Waals surface area contributed by atoms with E-state index in [4.69, 9.17) is 5.11 Å². The van der Waals surface area contributed by atoms with Gasteiger partial charge in [0, 0.05) is 10.0 Å². The summed E-state index contributed by atoms with van der Waals surface area (Å²) in [6.07, 6.45) is 0. The molecule has 4 heteroatoms. The fraction of sp³-hybridized carbons (Fsp3) is 0.100. The van der Waals surface area contributed by atoms with Gasteiger partial charge in [-0.25, -0.2) is 4.79 Å². The summed E-state index contributed by atoms with van der Waals surface area (Å²) in [5.41, 5.74) is 1.16. The topological polar surface area (TPSA) is 37.3 Å². The highest BCUT2D eigenvalue weighted by molar-refractivity contribution is 9.08. The summed E-state index contributed by atoms with van der Waals surface area (Å²) in [7, 11) is 0. The monoisotopic (exact) mass is 270 g/mol. The van der Waals surface area contributed by atoms with Gasteiger partial charge in [0.2, 0.25) is 0 Å². The highest BCUT2D eigenvalue weighted by atomic mass is 79.9. The molecule has 1 heterocycles. The van der Waals surface area contributed by atoms with Crippen LogP contribution in [0.2, 0.25) is 0 Å². The SMILES string of the molecule is O=C(O)c1cc2cc(CBr)ccc2s1. The molecule has 1 N–H and O–H groups in total. The van der Waals surface area contributed by atoms with Crippen molar-refractivity contribution >= 4 is 43.3 Å². The van der Waals surface area contributed by atoms with E-state index < -0.39 is 5.97 Å². The number of hydrogen-bond acceptors (Lipinski definition) is 2. The first kappa shape index (κ1) is 9.68. The van der Waals surface area contributed by atoms with Crippen LogP contribution in [0.1, 0.15) is 15.2 Å². The molecule has 1 aromatic heterocycles. The van der Waals surface area contributed by atoms with Gasteiger partial charge < -0.3 is 5.11 Å². The first-order chi connectivity index (χ1) is 6.70. The van der Waals surface area contributed by atoms with Gasteiger partial charge in [0.1, 0.15) is 4.88 Å². The molecular formula is C10H7BrO2S. The summed E-state index contributed by atoms with van der Waals surface area (Å²) >= 11 is 4.68. The number of rotatable bonds is 2. The molecule has 0 bridgehead atoms. The summed E-state index contributed by atoms with van der Waals surface area (Å²) in [6.45, 7) is 0. The number of carbonyl (C=O) groups is 1. The highest BCUT2D eigenvalue weighted by Crippen LogP contribution is 2.27. The molecule has 0 aliphatic rings. The van der Waals surface area contributed by atoms with Crippen molar-refractivity contribution in [2.75, 3.05) is 0 Å². The number of thiophene rings is 1. The van der Waals surface area contributed by atoms with Crippen LogP contribution in [-0.4, -0.2) is 11.1 Å². The minimum Gasteiger partial charge on any atom is -0.477 e. The van der Waals surface area contributed by atoms with E-state index in [0.29, 0.717) is 4.88 Å². The molecule has 0 spiro atoms. The summed E-state index contributed by atoms with van der Waals surface area (Å²) in [6, 6.07) is 7.68. The Balaban J connectivity index is 2.60. The molecule has 2 aromatic rings. The molecule has 14 heavy (non-hydrogen) atoms. The molecule has 0 aliphatic carbocycles. The van der Waals surface area contributed by atoms with Crippen molar-refractivity contribution in [3.05, 3.63) is 34.7 Å². The molecule has 1 aromatic carbocycles. The largest absolute Gasteiger partial charge is 0.477 e. The maximum Gasteiger partial charge on any atom is 0.345 e. The number of aromatic carboxylic acids is 1. The first-order valence-corrected chi connectivity index (χ1v) is 5.96. The molecule has 0 saturated heterocycles. The van der Waals surface area contributed by atoms with Crippen molar-refractivity contribution in [1.82, 2.24) is 0 Å². The molecular weight excluding hydrogens is 264 g/mol. The Bertz CT molecular complexity index is 490. The van der Waals surface area contributed by atoms with Gasteiger partial charge in [-0.05, 0) is 29.1 Å². The Kier molecular flexibility index (Phi) is 2.56. The van der Waals surface area contributed by atoms with E-state index >= 15 is 0 Å². The molecule has 2 nitrogen and oxygen atoms in total. The Labute approximate surface area is 93.3 Å². The average Bonchev–Trinajstić information content (AvgIpc) is 2.59. The van der Waals surface area contributed by atoms with Crippen molar-refractivity contribution in [3.8, 4) is 0 Å². The normalized spacial score (nSPS) is 10.6. The van der Waals surface area contributed by atoms with Crippen molar-refractivity contribution in [3.63, 3.8) is 0 Å². The molecule has 0 atom stereocenters. The van der Waals surface area contributed by atoms with E-state index in [1.54, 1.807) is 6.07 Å². The Morgan fingerprint density at radius 1 is 1.43 bits per heavy atom. The van der Waals surface area contributed by atoms with Gasteiger partial charge in [-0.2, -0.15) is 0 Å². The van der Waals surface area contributed by atoms with Crippen molar-refractivity contribution < 1.29 is 9.90 Å². The third kappa shape index (κ3) is 1.67. The molecule has 0 aliphatic heterocycles. The Morgan fingerprint density at radius 3 is 2.86 bits per heavy atom. The predicted octanol–water partition coefficient (Wildman–Crippen LogP) is 3.49. The summed E-state index contributed by atoms with van der Waals surface area (Å²) < 4.78 is 1.02. The standard InChI is InChI=1S/C10H7BrO2S/c11-5-6-1-2-8-7(3-6)4-9(14-8)10(12)13/h1-4H,5H2,(H,12,13). The van der Waals surface area contributed by atoms with Crippen LogP contribution in [0, 0.1) is 0 Å². The van der Waals surface area contributed by atoms with Crippen LogP contribution >= 0.6 is 27.3 Å². The lowest BCUT2D eigenvalue weighted by Crippen LogP contribution is -1.89. The molecule has 2 rings (SSSR count). The number of fused-ring (bicyclic) bond motifs is 1. The smallest absolute Gasteiger partial charge is 0.345 e. The van der Waals surface area contributed by atoms with Gasteiger partial charge >= 0.3 is 5.97 Å². The maximum atomic E-state index is 10.7. The maximum absolute atomic E-state index is 10.7. The Hall–Kier alpha value is -0.870. The predicted molar refractivity (Wildman–Crippen MR) is 61.4 cm³/mol. The molecule has 0 unspecified atom stereocenters. The lowest BCUT2D eigenvalue weighted by molar-refractivity contribution is 0.0702. The summed E-state index contributed by atoms with van der Waals surface area (Å²) in [5, 5.41) is 10.6. The van der Waals surface area contributed by atoms with E-state index in [9.17, 15) is 4.79 Å². The Morgan fingerprint density at radius 2 is 2.21 bits per heavy atom. The molecule has 72 valence electrons. The van der Waals surface area contributed by atoms with Gasteiger partial charge in [-0.15, -0.1) is 11.3 Å². The van der Waals surface area contributed by atoms with Crippen LogP contribution in [0.25, 0.3) is 10.1 Å². The van der Waals surface area contributed by atoms with E-state index in [1.807, 2.05) is 18.2 Å². The van der Waals surface area contributed by atoms with Gasteiger partial charge in [-0.1, -0.05) is 22.0 Å². The second kappa shape index (κ2) is 3.71. The van der Waals surface area contributed by atoms with E-state index in [-0.39, 0.29) is 0 Å². The minimum absolute atomic E-state index is 0.395. The number of carboxylic acids is 1. The number of benzene rings is 1. The molecule has 0 saturated carbocycles. The van der Waals surface area contributed by atoms with E-state index in [0.717, 1.165) is 21.0 Å².